The highest BCUT2D eigenvalue weighted by atomic mass is 32.1. The summed E-state index contributed by atoms with van der Waals surface area (Å²) in [5.74, 6) is 0. The van der Waals surface area contributed by atoms with E-state index in [0.717, 1.165) is 194 Å². The first kappa shape index (κ1) is 89.7. The van der Waals surface area contributed by atoms with E-state index in [1.54, 1.807) is 11.3 Å². The zero-order chi connectivity index (χ0) is 101. The van der Waals surface area contributed by atoms with E-state index >= 15 is 0 Å². The lowest BCUT2D eigenvalue weighted by molar-refractivity contribution is 0.593. The summed E-state index contributed by atoms with van der Waals surface area (Å²) in [7, 11) is 0. The first-order chi connectivity index (χ1) is 73.2. The van der Waals surface area contributed by atoms with Gasteiger partial charge in [-0.2, -0.15) is 10.5 Å². The minimum Gasteiger partial charge on any atom is -0.256 e. The topological polar surface area (TPSA) is 73.4 Å². The van der Waals surface area contributed by atoms with Gasteiger partial charge in [0.25, 0.3) is 0 Å². The lowest BCUT2D eigenvalue weighted by Gasteiger charge is -2.33. The zero-order valence-electron chi connectivity index (χ0n) is 84.6. The molecule has 0 N–H and O–H groups in total. The molecule has 0 saturated heterocycles. The molecule has 0 amide bonds. The van der Waals surface area contributed by atoms with E-state index in [4.69, 9.17) is 9.97 Å². The van der Waals surface area contributed by atoms with E-state index in [0.29, 0.717) is 11.1 Å². The molecule has 0 unspecified atom stereocenters. The molecule has 4 aromatic heterocycles. The average molecular weight is 1950 g/mol. The maximum Gasteiger partial charge on any atom is 0.100 e. The fourth-order valence-corrected chi connectivity index (χ4v) is 28.0. The molecule has 0 bridgehead atoms. The molecule has 0 radical (unpaired) electrons. The first-order valence-corrected chi connectivity index (χ1v) is 53.5. The Morgan fingerprint density at radius 3 is 0.867 bits per heavy atom. The number of benzene rings is 20. The average Bonchev–Trinajstić information content (AvgIpc) is 0.916. The molecular weight excluding hydrogens is 1850 g/mol. The van der Waals surface area contributed by atoms with Gasteiger partial charge in [0, 0.05) is 86.1 Å². The Balaban J connectivity index is 0.586. The standard InChI is InChI=1S/C144H98N4S2/c1-142(2,3)135-90(86-57-65-110-119-52-28-72-147-138(119)117-42-22-18-35-99(117)95-31-11-14-38-102(95)125(110)77-86)44-24-45-91(135)87-56-62-108-107-63-58-88(92-46-25-50-121-128-74-83(81-145)54-70-131(128)149-140(92)121)79-123(107)103-39-15-12-32-96(103)106-61-55-84(75-126(106)127(108)78-87)85-60-71-132-129(76-85)122-51-26-47-93(141(122)150-132)89-59-64-109-113-66-68-115(136(143(4,5)6)133(113)111-40-20-16-33-97(111)94-30-10-13-37-101(94)124(109)80-89)104-48-27-49-105(130(104)82-146)116-69-67-114-120-53-29-73-148-139(120)118-43-23-19-36-100(118)98-34-17-21-41-112(98)134(114)137(116)144(7,8)9/h10-80H,1-9H3. The Morgan fingerprint density at radius 1 is 0.187 bits per heavy atom. The van der Waals surface area contributed by atoms with Crippen molar-refractivity contribution < 1.29 is 0 Å². The molecule has 0 saturated carbocycles. The van der Waals surface area contributed by atoms with Gasteiger partial charge in [0.1, 0.15) is 6.07 Å². The van der Waals surface area contributed by atoms with E-state index in [1.165, 1.54) is 119 Å². The second-order valence-corrected chi connectivity index (χ2v) is 45.8. The Labute approximate surface area is 882 Å². The fourth-order valence-electron chi connectivity index (χ4n) is 25.6. The van der Waals surface area contributed by atoms with Gasteiger partial charge in [-0.25, -0.2) is 0 Å². The molecule has 6 heteroatoms. The summed E-state index contributed by atoms with van der Waals surface area (Å²) in [5.41, 5.74) is 55.9. The van der Waals surface area contributed by atoms with Crippen molar-refractivity contribution in [3.05, 3.63) is 459 Å². The van der Waals surface area contributed by atoms with Crippen LogP contribution in [-0.4, -0.2) is 9.97 Å². The van der Waals surface area contributed by atoms with Gasteiger partial charge in [0.15, 0.2) is 0 Å². The van der Waals surface area contributed by atoms with Crippen LogP contribution in [-0.2, 0) is 16.2 Å². The third-order valence-electron chi connectivity index (χ3n) is 31.9. The van der Waals surface area contributed by atoms with Gasteiger partial charge >= 0.3 is 0 Å². The number of fused-ring (bicyclic) bond motifs is 38. The molecule has 4 heterocycles. The van der Waals surface area contributed by atoms with Crippen molar-refractivity contribution in [1.82, 2.24) is 9.97 Å². The summed E-state index contributed by atoms with van der Waals surface area (Å²) >= 11 is 3.67. The molecule has 0 fully saturated rings. The molecule has 150 heavy (non-hydrogen) atoms. The lowest BCUT2D eigenvalue weighted by atomic mass is 9.70. The largest absolute Gasteiger partial charge is 0.256 e. The Bertz CT molecular complexity index is 10100. The Morgan fingerprint density at radius 2 is 0.453 bits per heavy atom. The molecule has 4 nitrogen and oxygen atoms in total. The van der Waals surface area contributed by atoms with Gasteiger partial charge in [-0.05, 0) is 317 Å². The SMILES string of the molecule is CC(C)(C)c1c(-c2ccc3c(c2)-c2cc(-c4ccc5sc6c(-c7ccc8c(c7)-c7ccccc7-c7ccccc7-c7c-8ccc(-c8cccc(-c9ccc%10c(c9C(C)(C)C)-c9ccccc9-c9ccccc9-c9ncccc9-%10)c8C#N)c7C(C)(C)C)cccc6c5c4)ccc2-c2ccccc2-c2cc(-c4cccc5c4sc4ccc(C#N)cc45)ccc2-3)cccc1-c1ccc2c(c1)-c1ccccc1-c1ccccc1-c1ncccc1-2. The summed E-state index contributed by atoms with van der Waals surface area (Å²) in [6, 6.07) is 162. The van der Waals surface area contributed by atoms with Crippen LogP contribution < -0.4 is 0 Å². The van der Waals surface area contributed by atoms with Gasteiger partial charge in [0.05, 0.1) is 28.6 Å². The van der Waals surface area contributed by atoms with Crippen molar-refractivity contribution in [1.29, 1.82) is 10.5 Å². The normalized spacial score (nSPS) is 12.3. The van der Waals surface area contributed by atoms with E-state index in [1.807, 2.05) is 35.9 Å². The number of thiophene rings is 2. The van der Waals surface area contributed by atoms with Gasteiger partial charge in [0.2, 0.25) is 0 Å². The van der Waals surface area contributed by atoms with Crippen molar-refractivity contribution in [3.8, 4) is 268 Å². The van der Waals surface area contributed by atoms with Crippen molar-refractivity contribution in [2.24, 2.45) is 0 Å². The summed E-state index contributed by atoms with van der Waals surface area (Å²) in [5, 5.41) is 27.0. The maximum atomic E-state index is 12.2. The Kier molecular flexibility index (Phi) is 20.6. The van der Waals surface area contributed by atoms with Crippen LogP contribution >= 0.6 is 22.7 Å². The summed E-state index contributed by atoms with van der Waals surface area (Å²) in [6.07, 6.45) is 3.84. The van der Waals surface area contributed by atoms with Gasteiger partial charge in [-0.1, -0.05) is 408 Å². The molecule has 0 spiro atoms. The van der Waals surface area contributed by atoms with Gasteiger partial charge < -0.3 is 0 Å². The number of hydrogen-bond donors (Lipinski definition) is 0. The van der Waals surface area contributed by atoms with Crippen molar-refractivity contribution >= 4 is 63.0 Å². The number of pyridine rings is 2. The fraction of sp³-hybridized carbons (Fsp3) is 0.0833. The first-order valence-electron chi connectivity index (χ1n) is 51.9. The van der Waals surface area contributed by atoms with Crippen LogP contribution in [0.5, 0.6) is 0 Å². The second-order valence-electron chi connectivity index (χ2n) is 43.7. The van der Waals surface area contributed by atoms with Crippen LogP contribution in [0.1, 0.15) is 90.1 Å². The van der Waals surface area contributed by atoms with Crippen LogP contribution in [0.4, 0.5) is 0 Å². The Hall–Kier alpha value is -17.9. The highest BCUT2D eigenvalue weighted by molar-refractivity contribution is 7.26. The van der Waals surface area contributed by atoms with E-state index in [2.05, 4.69) is 481 Å². The van der Waals surface area contributed by atoms with Crippen LogP contribution in [0.25, 0.3) is 297 Å². The molecule has 24 aromatic rings. The number of aromatic nitrogens is 2. The lowest BCUT2D eigenvalue weighted by Crippen LogP contribution is -2.17. The van der Waals surface area contributed by atoms with Gasteiger partial charge in [-0.15, -0.1) is 22.7 Å². The number of rotatable bonds is 7. The second kappa shape index (κ2) is 34.4. The highest BCUT2D eigenvalue weighted by Gasteiger charge is 2.38. The predicted octanol–water partition coefficient (Wildman–Crippen LogP) is 40.4. The minimum atomic E-state index is -0.439. The summed E-state index contributed by atoms with van der Waals surface area (Å²) in [4.78, 5) is 10.3. The monoisotopic (exact) mass is 1950 g/mol. The van der Waals surface area contributed by atoms with Crippen molar-refractivity contribution in [2.75, 3.05) is 0 Å². The van der Waals surface area contributed by atoms with E-state index in [9.17, 15) is 10.5 Å². The molecular formula is C144H98N4S2. The number of hydrogen-bond acceptors (Lipinski definition) is 6. The van der Waals surface area contributed by atoms with Crippen molar-refractivity contribution in [2.45, 2.75) is 78.6 Å². The molecule has 706 valence electrons. The number of nitriles is 2. The zero-order valence-corrected chi connectivity index (χ0v) is 86.2. The highest BCUT2D eigenvalue weighted by Crippen LogP contribution is 2.61. The van der Waals surface area contributed by atoms with Crippen LogP contribution in [0, 0.1) is 22.7 Å². The molecule has 4 aliphatic rings. The molecule has 20 aromatic carbocycles. The number of nitrogens with zero attached hydrogens (tertiary/aromatic N) is 4. The van der Waals surface area contributed by atoms with Crippen LogP contribution in [0.2, 0.25) is 0 Å². The summed E-state index contributed by atoms with van der Waals surface area (Å²) < 4.78 is 4.83. The summed E-state index contributed by atoms with van der Waals surface area (Å²) in [6.45, 7) is 21.2. The predicted molar refractivity (Wildman–Crippen MR) is 633 cm³/mol. The van der Waals surface area contributed by atoms with E-state index in [-0.39, 0.29) is 5.41 Å². The minimum absolute atomic E-state index is 0.319. The quantitative estimate of drug-likeness (QED) is 0.159. The van der Waals surface area contributed by atoms with Crippen molar-refractivity contribution in [3.63, 3.8) is 0 Å². The van der Waals surface area contributed by atoms with Crippen LogP contribution in [0.3, 0.4) is 0 Å². The van der Waals surface area contributed by atoms with E-state index < -0.39 is 10.8 Å². The third-order valence-corrected chi connectivity index (χ3v) is 34.4. The molecule has 0 aliphatic heterocycles. The van der Waals surface area contributed by atoms with Gasteiger partial charge in [-0.3, -0.25) is 9.97 Å². The molecule has 4 aliphatic carbocycles. The molecule has 0 atom stereocenters. The maximum absolute atomic E-state index is 12.2. The van der Waals surface area contributed by atoms with Crippen LogP contribution in [0.15, 0.2) is 431 Å². The third kappa shape index (κ3) is 14.1. The molecule has 28 rings (SSSR count). The smallest absolute Gasteiger partial charge is 0.100 e.